The number of pyridine rings is 1. The van der Waals surface area contributed by atoms with Crippen LogP contribution in [0.15, 0.2) is 18.3 Å². The third-order valence-electron chi connectivity index (χ3n) is 3.10. The van der Waals surface area contributed by atoms with E-state index in [9.17, 15) is 13.2 Å². The molecule has 19 heavy (non-hydrogen) atoms. The van der Waals surface area contributed by atoms with E-state index >= 15 is 0 Å². The van der Waals surface area contributed by atoms with Gasteiger partial charge in [0.2, 0.25) is 0 Å². The molecule has 2 rings (SSSR count). The van der Waals surface area contributed by atoms with Crippen LogP contribution in [0.4, 0.5) is 5.82 Å². The van der Waals surface area contributed by atoms with Crippen molar-refractivity contribution in [2.24, 2.45) is 0 Å². The van der Waals surface area contributed by atoms with E-state index in [4.69, 9.17) is 0 Å². The molecule has 0 spiro atoms. The highest BCUT2D eigenvalue weighted by molar-refractivity contribution is 8.01. The van der Waals surface area contributed by atoms with Crippen LogP contribution >= 0.6 is 11.8 Å². The molecule has 1 atom stereocenters. The van der Waals surface area contributed by atoms with Gasteiger partial charge in [-0.1, -0.05) is 6.92 Å². The van der Waals surface area contributed by atoms with Crippen molar-refractivity contribution in [2.75, 3.05) is 28.7 Å². The van der Waals surface area contributed by atoms with E-state index in [1.165, 1.54) is 6.20 Å². The van der Waals surface area contributed by atoms with Crippen LogP contribution in [0.2, 0.25) is 0 Å². The molecule has 0 bridgehead atoms. The zero-order valence-electron chi connectivity index (χ0n) is 10.7. The van der Waals surface area contributed by atoms with Crippen molar-refractivity contribution in [2.45, 2.75) is 12.3 Å². The molecule has 0 saturated carbocycles. The molecule has 1 aromatic rings. The average molecular weight is 300 g/mol. The zero-order valence-corrected chi connectivity index (χ0v) is 12.3. The lowest BCUT2D eigenvalue weighted by molar-refractivity contribution is 0.112. The van der Waals surface area contributed by atoms with Crippen LogP contribution in [0.1, 0.15) is 17.3 Å². The average Bonchev–Trinajstić information content (AvgIpc) is 2.47. The number of carbonyl (C=O) groups excluding carboxylic acids is 1. The third kappa shape index (κ3) is 3.09. The highest BCUT2D eigenvalue weighted by atomic mass is 32.2. The number of aldehydes is 1. The Bertz CT molecular complexity index is 543. The van der Waals surface area contributed by atoms with Gasteiger partial charge < -0.3 is 4.90 Å². The number of rotatable bonds is 4. The summed E-state index contributed by atoms with van der Waals surface area (Å²) in [6.07, 6.45) is 2.20. The molecule has 2 heterocycles. The van der Waals surface area contributed by atoms with Crippen molar-refractivity contribution < 1.29 is 13.2 Å². The highest BCUT2D eigenvalue weighted by Gasteiger charge is 2.33. The van der Waals surface area contributed by atoms with Crippen molar-refractivity contribution in [3.05, 3.63) is 23.9 Å². The van der Waals surface area contributed by atoms with E-state index in [0.29, 0.717) is 23.7 Å². The van der Waals surface area contributed by atoms with Crippen LogP contribution in [-0.2, 0) is 9.84 Å². The first-order chi connectivity index (χ1) is 9.08. The lowest BCUT2D eigenvalue weighted by Gasteiger charge is -2.35. The smallest absolute Gasteiger partial charge is 0.171 e. The maximum Gasteiger partial charge on any atom is 0.171 e. The molecule has 1 saturated heterocycles. The second-order valence-electron chi connectivity index (χ2n) is 4.24. The van der Waals surface area contributed by atoms with Gasteiger partial charge in [0.1, 0.15) is 11.2 Å². The minimum atomic E-state index is -3.14. The highest BCUT2D eigenvalue weighted by Crippen LogP contribution is 2.25. The fraction of sp³-hybridized carbons (Fsp3) is 0.500. The van der Waals surface area contributed by atoms with Gasteiger partial charge >= 0.3 is 0 Å². The second-order valence-corrected chi connectivity index (χ2v) is 7.84. The van der Waals surface area contributed by atoms with Gasteiger partial charge in [-0.05, 0) is 12.1 Å². The molecule has 1 aromatic heterocycles. The fourth-order valence-electron chi connectivity index (χ4n) is 1.97. The van der Waals surface area contributed by atoms with E-state index in [-0.39, 0.29) is 5.75 Å². The molecule has 1 unspecified atom stereocenters. The maximum absolute atomic E-state index is 12.1. The topological polar surface area (TPSA) is 67.3 Å². The van der Waals surface area contributed by atoms with E-state index in [1.807, 2.05) is 4.90 Å². The van der Waals surface area contributed by atoms with Crippen LogP contribution in [0, 0.1) is 0 Å². The SMILES string of the molecule is CCS(=O)(=O)C1CSCCN1c1ccc(C=O)cn1. The van der Waals surface area contributed by atoms with Gasteiger partial charge in [-0.2, -0.15) is 11.8 Å². The predicted octanol–water partition coefficient (Wildman–Crippen LogP) is 1.21. The molecule has 104 valence electrons. The molecule has 0 radical (unpaired) electrons. The summed E-state index contributed by atoms with van der Waals surface area (Å²) in [7, 11) is -3.14. The first-order valence-corrected chi connectivity index (χ1v) is 8.92. The molecule has 0 N–H and O–H groups in total. The van der Waals surface area contributed by atoms with Crippen LogP contribution < -0.4 is 4.90 Å². The molecule has 5 nitrogen and oxygen atoms in total. The summed E-state index contributed by atoms with van der Waals surface area (Å²) < 4.78 is 24.2. The lowest BCUT2D eigenvalue weighted by atomic mass is 10.3. The summed E-state index contributed by atoms with van der Waals surface area (Å²) in [5.41, 5.74) is 0.491. The van der Waals surface area contributed by atoms with Gasteiger partial charge in [-0.25, -0.2) is 13.4 Å². The summed E-state index contributed by atoms with van der Waals surface area (Å²) in [5.74, 6) is 2.19. The van der Waals surface area contributed by atoms with Crippen molar-refractivity contribution >= 4 is 33.7 Å². The number of sulfone groups is 1. The first kappa shape index (κ1) is 14.3. The number of carbonyl (C=O) groups is 1. The van der Waals surface area contributed by atoms with Gasteiger partial charge in [0.15, 0.2) is 16.1 Å². The molecule has 7 heteroatoms. The number of hydrogen-bond donors (Lipinski definition) is 0. The molecular weight excluding hydrogens is 284 g/mol. The number of hydrogen-bond acceptors (Lipinski definition) is 6. The van der Waals surface area contributed by atoms with E-state index in [1.54, 1.807) is 30.8 Å². The molecule has 0 aromatic carbocycles. The van der Waals surface area contributed by atoms with Crippen LogP contribution in [0.5, 0.6) is 0 Å². The number of aromatic nitrogens is 1. The largest absolute Gasteiger partial charge is 0.338 e. The molecule has 1 fully saturated rings. The van der Waals surface area contributed by atoms with E-state index in [0.717, 1.165) is 12.0 Å². The van der Waals surface area contributed by atoms with Crippen molar-refractivity contribution in [3.63, 3.8) is 0 Å². The maximum atomic E-state index is 12.1. The Balaban J connectivity index is 2.31. The summed E-state index contributed by atoms with van der Waals surface area (Å²) in [4.78, 5) is 16.6. The molecule has 0 aliphatic carbocycles. The van der Waals surface area contributed by atoms with Gasteiger partial charge in [0, 0.05) is 35.6 Å². The summed E-state index contributed by atoms with van der Waals surface area (Å²) in [6, 6.07) is 3.37. The Hall–Kier alpha value is -1.08. The Kier molecular flexibility index (Phi) is 4.46. The zero-order chi connectivity index (χ0) is 13.9. The Morgan fingerprint density at radius 1 is 1.53 bits per heavy atom. The third-order valence-corrected chi connectivity index (χ3v) is 6.39. The van der Waals surface area contributed by atoms with Gasteiger partial charge in [-0.3, -0.25) is 4.79 Å². The van der Waals surface area contributed by atoms with Crippen LogP contribution in [0.25, 0.3) is 0 Å². The molecule has 0 amide bonds. The minimum Gasteiger partial charge on any atom is -0.338 e. The van der Waals surface area contributed by atoms with Crippen LogP contribution in [0.3, 0.4) is 0 Å². The van der Waals surface area contributed by atoms with E-state index < -0.39 is 15.2 Å². The second kappa shape index (κ2) is 5.92. The standard InChI is InChI=1S/C12H16N2O3S2/c1-2-19(16,17)12-9-18-6-5-14(12)11-4-3-10(8-15)7-13-11/h3-4,7-8,12H,2,5-6,9H2,1H3. The Labute approximate surface area is 117 Å². The fourth-order valence-corrected chi connectivity index (χ4v) is 4.95. The van der Waals surface area contributed by atoms with Crippen LogP contribution in [-0.4, -0.2) is 48.9 Å². The number of anilines is 1. The van der Waals surface area contributed by atoms with Gasteiger partial charge in [-0.15, -0.1) is 0 Å². The van der Waals surface area contributed by atoms with Crippen molar-refractivity contribution in [3.8, 4) is 0 Å². The minimum absolute atomic E-state index is 0.126. The normalized spacial score (nSPS) is 20.3. The molecule has 1 aliphatic heterocycles. The summed E-state index contributed by atoms with van der Waals surface area (Å²) >= 11 is 1.65. The first-order valence-electron chi connectivity index (χ1n) is 6.05. The van der Waals surface area contributed by atoms with Gasteiger partial charge in [0.05, 0.1) is 0 Å². The quantitative estimate of drug-likeness (QED) is 0.779. The van der Waals surface area contributed by atoms with Gasteiger partial charge in [0.25, 0.3) is 0 Å². The predicted molar refractivity (Wildman–Crippen MR) is 77.5 cm³/mol. The van der Waals surface area contributed by atoms with Crippen molar-refractivity contribution in [1.82, 2.24) is 4.98 Å². The Morgan fingerprint density at radius 3 is 2.89 bits per heavy atom. The molecule has 1 aliphatic rings. The molecular formula is C12H16N2O3S2. The monoisotopic (exact) mass is 300 g/mol. The summed E-state index contributed by atoms with van der Waals surface area (Å²) in [5, 5.41) is -0.522. The number of nitrogens with zero attached hydrogens (tertiary/aromatic N) is 2. The van der Waals surface area contributed by atoms with E-state index in [2.05, 4.69) is 4.98 Å². The summed E-state index contributed by atoms with van der Waals surface area (Å²) in [6.45, 7) is 2.32. The van der Waals surface area contributed by atoms with Crippen molar-refractivity contribution in [1.29, 1.82) is 0 Å². The Morgan fingerprint density at radius 2 is 2.32 bits per heavy atom. The number of thioether (sulfide) groups is 1. The lowest BCUT2D eigenvalue weighted by Crippen LogP contribution is -2.48.